The number of rotatable bonds is 5. The summed E-state index contributed by atoms with van der Waals surface area (Å²) < 4.78 is 13.2. The zero-order valence-corrected chi connectivity index (χ0v) is 19.1. The van der Waals surface area contributed by atoms with E-state index in [1.165, 1.54) is 46.6 Å². The Balaban J connectivity index is 1.63. The lowest BCUT2D eigenvalue weighted by atomic mass is 9.93. The van der Waals surface area contributed by atoms with Crippen LogP contribution in [-0.2, 0) is 0 Å². The minimum Gasteiger partial charge on any atom is -0.340 e. The summed E-state index contributed by atoms with van der Waals surface area (Å²) in [5, 5.41) is 1.83. The van der Waals surface area contributed by atoms with Gasteiger partial charge in [0.1, 0.15) is 5.82 Å². The average molecular weight is 449 g/mol. The number of H-pyrrole nitrogens is 1. The van der Waals surface area contributed by atoms with Gasteiger partial charge in [0.05, 0.1) is 16.3 Å². The number of aromatic amines is 1. The smallest absolute Gasteiger partial charge is 0.261 e. The van der Waals surface area contributed by atoms with Crippen LogP contribution >= 0.6 is 0 Å². The summed E-state index contributed by atoms with van der Waals surface area (Å²) in [6, 6.07) is 14.5. The number of hydrogen-bond donors (Lipinski definition) is 2. The van der Waals surface area contributed by atoms with Gasteiger partial charge in [-0.1, -0.05) is 36.4 Å². The Morgan fingerprint density at radius 2 is 1.82 bits per heavy atom. The van der Waals surface area contributed by atoms with Gasteiger partial charge in [0.25, 0.3) is 5.56 Å². The van der Waals surface area contributed by atoms with E-state index in [1.54, 1.807) is 0 Å². The molecule has 0 unspecified atom stereocenters. The lowest BCUT2D eigenvalue weighted by Crippen LogP contribution is -2.46. The summed E-state index contributed by atoms with van der Waals surface area (Å²) in [6.45, 7) is 7.52. The van der Waals surface area contributed by atoms with Gasteiger partial charge in [0.15, 0.2) is 0 Å². The third kappa shape index (κ3) is 4.81. The number of hydrazine groups is 1. The molecule has 2 atom stereocenters. The normalized spacial score (nSPS) is 18.8. The molecule has 0 spiro atoms. The first-order valence-electron chi connectivity index (χ1n) is 10.8. The first kappa shape index (κ1) is 22.7. The largest absolute Gasteiger partial charge is 0.340 e. The van der Waals surface area contributed by atoms with Crippen molar-refractivity contribution < 1.29 is 4.39 Å². The molecule has 33 heavy (non-hydrogen) atoms. The van der Waals surface area contributed by atoms with Crippen LogP contribution in [0.25, 0.3) is 12.8 Å². The summed E-state index contributed by atoms with van der Waals surface area (Å²) in [5.74, 6) is 6.46. The van der Waals surface area contributed by atoms with Crippen molar-refractivity contribution in [3.8, 4) is 0 Å². The molecule has 172 valence electrons. The highest BCUT2D eigenvalue weighted by molar-refractivity contribution is 5.56. The fraction of sp³-hybridized carbons (Fsp3) is 0.280. The second kappa shape index (κ2) is 9.17. The second-order valence-electron chi connectivity index (χ2n) is 8.72. The Morgan fingerprint density at radius 3 is 2.42 bits per heavy atom. The van der Waals surface area contributed by atoms with Crippen molar-refractivity contribution >= 4 is 24.4 Å². The molecule has 7 nitrogen and oxygen atoms in total. The van der Waals surface area contributed by atoms with Crippen molar-refractivity contribution in [2.45, 2.75) is 18.9 Å². The minimum absolute atomic E-state index is 0.254. The Kier molecular flexibility index (Phi) is 6.31. The second-order valence-corrected chi connectivity index (χ2v) is 8.72. The van der Waals surface area contributed by atoms with Crippen LogP contribution in [0.1, 0.15) is 17.0 Å². The number of halogens is 1. The number of nitrogens with zero attached hydrogens (tertiary/aromatic N) is 4. The molecule has 0 amide bonds. The van der Waals surface area contributed by atoms with Gasteiger partial charge in [-0.3, -0.25) is 14.8 Å². The van der Waals surface area contributed by atoms with Crippen LogP contribution in [0.15, 0.2) is 53.3 Å². The number of aromatic nitrogens is 2. The zero-order chi connectivity index (χ0) is 23.7. The number of nitrogens with one attached hydrogen (secondary N) is 1. The van der Waals surface area contributed by atoms with Gasteiger partial charge in [-0.2, -0.15) is 0 Å². The number of anilines is 2. The molecule has 1 fully saturated rings. The van der Waals surface area contributed by atoms with E-state index in [-0.39, 0.29) is 28.6 Å². The summed E-state index contributed by atoms with van der Waals surface area (Å²) >= 11 is 0. The molecule has 2 aromatic carbocycles. The third-order valence-electron chi connectivity index (χ3n) is 6.17. The predicted molar refractivity (Wildman–Crippen MR) is 131 cm³/mol. The minimum atomic E-state index is -0.362. The summed E-state index contributed by atoms with van der Waals surface area (Å²) in [4.78, 5) is 24.7. The first-order valence-corrected chi connectivity index (χ1v) is 10.8. The van der Waals surface area contributed by atoms with Gasteiger partial charge in [-0.05, 0) is 50.8 Å². The molecular formula is C25H29FN6O. The molecule has 1 aliphatic rings. The van der Waals surface area contributed by atoms with Gasteiger partial charge in [-0.15, -0.1) is 0 Å². The summed E-state index contributed by atoms with van der Waals surface area (Å²) in [5.41, 5.74) is 2.70. The Morgan fingerprint density at radius 1 is 1.15 bits per heavy atom. The van der Waals surface area contributed by atoms with E-state index in [0.717, 1.165) is 13.1 Å². The number of aryl methyl sites for hydroxylation is 1. The SMILES string of the molecule is C=c1nc(N2C[C@H](c3ccc(C)cc3)[C@@H](N(C)C)C2)[nH]c(=O)/c1=C/N(N)c1ccc(F)cc1. The fourth-order valence-corrected chi connectivity index (χ4v) is 4.25. The highest BCUT2D eigenvalue weighted by Gasteiger charge is 2.36. The third-order valence-corrected chi connectivity index (χ3v) is 6.17. The average Bonchev–Trinajstić information content (AvgIpc) is 3.23. The van der Waals surface area contributed by atoms with E-state index in [0.29, 0.717) is 17.0 Å². The molecule has 3 N–H and O–H groups in total. The topological polar surface area (TPSA) is 81.5 Å². The molecule has 8 heteroatoms. The standard InChI is InChI=1S/C25H29FN6O/c1-16-5-7-18(8-6-16)22-13-31(15-23(22)30(3)4)25-28-17(2)21(24(33)29-25)14-32(27)20-11-9-19(26)10-12-20/h5-12,14,22-23H,2,13,15,27H2,1,3-4H3,(H,28,29,33)/b21-14+/t22-,23+/m1/s1. The Labute approximate surface area is 192 Å². The quantitative estimate of drug-likeness (QED) is 0.452. The van der Waals surface area contributed by atoms with Crippen LogP contribution in [0.5, 0.6) is 0 Å². The van der Waals surface area contributed by atoms with Crippen LogP contribution in [0.3, 0.4) is 0 Å². The van der Waals surface area contributed by atoms with Crippen LogP contribution < -0.4 is 31.9 Å². The molecule has 0 saturated carbocycles. The maximum atomic E-state index is 13.2. The molecule has 0 radical (unpaired) electrons. The first-order chi connectivity index (χ1) is 15.7. The molecule has 4 rings (SSSR count). The molecule has 1 aromatic heterocycles. The molecular weight excluding hydrogens is 419 g/mol. The Bertz CT molecular complexity index is 1250. The van der Waals surface area contributed by atoms with Crippen LogP contribution in [0, 0.1) is 12.7 Å². The number of nitrogens with two attached hydrogens (primary N) is 1. The number of hydrogen-bond acceptors (Lipinski definition) is 6. The molecule has 0 aliphatic carbocycles. The van der Waals surface area contributed by atoms with E-state index < -0.39 is 0 Å². The van der Waals surface area contributed by atoms with E-state index in [9.17, 15) is 9.18 Å². The van der Waals surface area contributed by atoms with Crippen LogP contribution in [0.4, 0.5) is 16.0 Å². The number of likely N-dealkylation sites (N-methyl/N-ethyl adjacent to an activating group) is 1. The molecule has 0 bridgehead atoms. The van der Waals surface area contributed by atoms with E-state index >= 15 is 0 Å². The molecule has 1 aliphatic heterocycles. The fourth-order valence-electron chi connectivity index (χ4n) is 4.25. The van der Waals surface area contributed by atoms with Crippen molar-refractivity contribution in [2.75, 3.05) is 37.1 Å². The van der Waals surface area contributed by atoms with Gasteiger partial charge in [0, 0.05) is 31.2 Å². The van der Waals surface area contributed by atoms with Crippen molar-refractivity contribution in [3.05, 3.63) is 86.4 Å². The van der Waals surface area contributed by atoms with Crippen molar-refractivity contribution in [3.63, 3.8) is 0 Å². The maximum absolute atomic E-state index is 13.2. The van der Waals surface area contributed by atoms with Gasteiger partial charge in [-0.25, -0.2) is 15.2 Å². The van der Waals surface area contributed by atoms with Crippen LogP contribution in [0.2, 0.25) is 0 Å². The summed E-state index contributed by atoms with van der Waals surface area (Å²) in [7, 11) is 4.14. The molecule has 2 heterocycles. The lowest BCUT2D eigenvalue weighted by molar-refractivity contribution is 0.292. The van der Waals surface area contributed by atoms with Crippen molar-refractivity contribution in [1.82, 2.24) is 14.9 Å². The van der Waals surface area contributed by atoms with Gasteiger partial charge in [0.2, 0.25) is 5.95 Å². The predicted octanol–water partition coefficient (Wildman–Crippen LogP) is 1.28. The van der Waals surface area contributed by atoms with E-state index in [1.807, 2.05) is 0 Å². The van der Waals surface area contributed by atoms with Gasteiger partial charge >= 0.3 is 0 Å². The highest BCUT2D eigenvalue weighted by Crippen LogP contribution is 2.31. The van der Waals surface area contributed by atoms with Crippen molar-refractivity contribution in [2.24, 2.45) is 5.84 Å². The highest BCUT2D eigenvalue weighted by atomic mass is 19.1. The van der Waals surface area contributed by atoms with Crippen LogP contribution in [-0.4, -0.2) is 48.1 Å². The summed E-state index contributed by atoms with van der Waals surface area (Å²) in [6.07, 6.45) is 1.45. The van der Waals surface area contributed by atoms with E-state index in [2.05, 4.69) is 71.6 Å². The molecule has 3 aromatic rings. The van der Waals surface area contributed by atoms with Gasteiger partial charge < -0.3 is 9.80 Å². The van der Waals surface area contributed by atoms with Crippen molar-refractivity contribution in [1.29, 1.82) is 0 Å². The Hall–Kier alpha value is -3.49. The monoisotopic (exact) mass is 448 g/mol. The van der Waals surface area contributed by atoms with E-state index in [4.69, 9.17) is 5.84 Å². The number of benzene rings is 2. The lowest BCUT2D eigenvalue weighted by Gasteiger charge is -2.25. The molecule has 1 saturated heterocycles. The maximum Gasteiger partial charge on any atom is 0.261 e. The zero-order valence-electron chi connectivity index (χ0n) is 19.1.